The Balaban J connectivity index is 1.20. The first-order valence-electron chi connectivity index (χ1n) is 18.0. The van der Waals surface area contributed by atoms with Gasteiger partial charge in [-0.1, -0.05) is 36.5 Å². The van der Waals surface area contributed by atoms with E-state index in [1.165, 1.54) is 12.1 Å². The van der Waals surface area contributed by atoms with E-state index >= 15 is 0 Å². The zero-order valence-corrected chi connectivity index (χ0v) is 29.3. The van der Waals surface area contributed by atoms with Crippen molar-refractivity contribution in [3.05, 3.63) is 60.2 Å². The van der Waals surface area contributed by atoms with Gasteiger partial charge in [0.05, 0.1) is 23.9 Å². The largest absolute Gasteiger partial charge is 0.508 e. The average Bonchev–Trinajstić information content (AvgIpc) is 3.98. The zero-order chi connectivity index (χ0) is 38.6. The number of rotatable bonds is 12. The van der Waals surface area contributed by atoms with Gasteiger partial charge in [0.15, 0.2) is 11.9 Å². The molecule has 1 aliphatic heterocycles. The molecule has 0 bridgehead atoms. The molecule has 0 aromatic heterocycles. The summed E-state index contributed by atoms with van der Waals surface area (Å²) in [6, 6.07) is 3.58. The van der Waals surface area contributed by atoms with E-state index in [-0.39, 0.29) is 29.9 Å². The van der Waals surface area contributed by atoms with Gasteiger partial charge in [-0.3, -0.25) is 19.2 Å². The van der Waals surface area contributed by atoms with Crippen LogP contribution >= 0.6 is 0 Å². The van der Waals surface area contributed by atoms with Gasteiger partial charge in [-0.25, -0.2) is 4.79 Å². The van der Waals surface area contributed by atoms with Crippen LogP contribution in [-0.2, 0) is 54.3 Å². The predicted molar refractivity (Wildman–Crippen MR) is 181 cm³/mol. The molecule has 292 valence electrons. The first-order chi connectivity index (χ1) is 25.9. The normalized spacial score (nSPS) is 34.4. The molecule has 16 heteroatoms. The van der Waals surface area contributed by atoms with Crippen molar-refractivity contribution in [3.8, 4) is 11.5 Å². The van der Waals surface area contributed by atoms with Crippen molar-refractivity contribution < 1.29 is 77.9 Å². The fourth-order valence-corrected chi connectivity index (χ4v) is 7.07. The summed E-state index contributed by atoms with van der Waals surface area (Å²) >= 11 is 0. The van der Waals surface area contributed by atoms with E-state index in [4.69, 9.17) is 28.4 Å². The van der Waals surface area contributed by atoms with Crippen LogP contribution in [0.25, 0.3) is 0 Å². The SMILES string of the molecule is O=C(OC[C@@H]1O[C@H](Oc2ccc(O)cc2COC(=O)[C@]2(O)[C@H](O)CCC(=O)[C@@H]2OC(=O)[C@@H]2C=CCC2)[C@@H](OC(=O)[C@H]2C=CCC2)[C@H](O)[C@H]1O)[C@@H]1C=CCC1. The van der Waals surface area contributed by atoms with Crippen LogP contribution in [0.1, 0.15) is 56.9 Å². The van der Waals surface area contributed by atoms with Crippen LogP contribution in [0, 0.1) is 17.8 Å². The van der Waals surface area contributed by atoms with Gasteiger partial charge < -0.3 is 54.0 Å². The Hall–Kier alpha value is -4.61. The van der Waals surface area contributed by atoms with Crippen molar-refractivity contribution in [1.29, 1.82) is 0 Å². The lowest BCUT2D eigenvalue weighted by Gasteiger charge is -2.42. The van der Waals surface area contributed by atoms with Crippen LogP contribution in [0.4, 0.5) is 0 Å². The van der Waals surface area contributed by atoms with Gasteiger partial charge in [0.25, 0.3) is 0 Å². The molecule has 1 saturated heterocycles. The lowest BCUT2D eigenvalue weighted by molar-refractivity contribution is -0.284. The number of aromatic hydroxyl groups is 1. The minimum absolute atomic E-state index is 0.0581. The maximum Gasteiger partial charge on any atom is 0.345 e. The summed E-state index contributed by atoms with van der Waals surface area (Å²) in [5.74, 6) is -6.69. The first-order valence-corrected chi connectivity index (χ1v) is 18.0. The van der Waals surface area contributed by atoms with Crippen LogP contribution in [0.2, 0.25) is 0 Å². The smallest absolute Gasteiger partial charge is 0.345 e. The Labute approximate surface area is 309 Å². The van der Waals surface area contributed by atoms with Gasteiger partial charge in [0.2, 0.25) is 18.0 Å². The highest BCUT2D eigenvalue weighted by atomic mass is 16.7. The van der Waals surface area contributed by atoms with Crippen LogP contribution in [0.3, 0.4) is 0 Å². The van der Waals surface area contributed by atoms with Crippen LogP contribution in [-0.4, -0.2) is 110 Å². The van der Waals surface area contributed by atoms with Crippen molar-refractivity contribution in [3.63, 3.8) is 0 Å². The molecule has 2 fully saturated rings. The van der Waals surface area contributed by atoms with Crippen molar-refractivity contribution in [2.75, 3.05) is 6.61 Å². The third kappa shape index (κ3) is 8.37. The summed E-state index contributed by atoms with van der Waals surface area (Å²) in [4.78, 5) is 64.8. The number of allylic oxidation sites excluding steroid dienone is 3. The Kier molecular flexibility index (Phi) is 12.2. The summed E-state index contributed by atoms with van der Waals surface area (Å²) in [5, 5.41) is 54.7. The lowest BCUT2D eigenvalue weighted by atomic mass is 9.78. The second-order valence-corrected chi connectivity index (χ2v) is 14.0. The summed E-state index contributed by atoms with van der Waals surface area (Å²) in [6.07, 6.45) is 1.11. The molecular formula is C38H44O16. The van der Waals surface area contributed by atoms with Crippen LogP contribution < -0.4 is 4.74 Å². The van der Waals surface area contributed by atoms with E-state index in [9.17, 15) is 49.5 Å². The molecular weight excluding hydrogens is 712 g/mol. The fourth-order valence-electron chi connectivity index (χ4n) is 7.07. The van der Waals surface area contributed by atoms with Gasteiger partial charge in [0, 0.05) is 12.0 Å². The number of Topliss-reactive ketones (excluding diaryl/α,β-unsaturated/α-hetero) is 1. The van der Waals surface area contributed by atoms with E-state index < -0.39 is 109 Å². The number of phenolic OH excluding ortho intramolecular Hbond substituents is 1. The number of carbonyl (C=O) groups is 5. The molecule has 0 spiro atoms. The van der Waals surface area contributed by atoms with E-state index in [0.717, 1.165) is 6.07 Å². The molecule has 0 amide bonds. The number of hydrogen-bond donors (Lipinski definition) is 5. The quantitative estimate of drug-likeness (QED) is 0.113. The number of ketones is 1. The molecule has 6 rings (SSSR count). The van der Waals surface area contributed by atoms with Crippen molar-refractivity contribution in [2.45, 2.75) is 106 Å². The zero-order valence-electron chi connectivity index (χ0n) is 29.3. The highest BCUT2D eigenvalue weighted by Crippen LogP contribution is 2.35. The molecule has 0 unspecified atom stereocenters. The molecule has 1 aromatic rings. The molecule has 5 N–H and O–H groups in total. The summed E-state index contributed by atoms with van der Waals surface area (Å²) in [6.45, 7) is -1.24. The standard InChI is InChI=1S/C38H44O16/c39-24-13-15-26(23(17-24)18-50-37(47)38(48)28(41)16-14-25(40)32(38)54-35(46)22-11-5-6-12-22)51-36-31(53-34(45)21-9-3-4-10-21)30(43)29(42)27(52-36)19-49-33(44)20-7-1-2-8-20/h1,3,5,7,9,11,13,15,17,20-22,27-32,36,39,41-43,48H,2,4,6,8,10,12,14,16,18-19H2/t20-,21+,22-,27+,28-,29+,30-,31+,32+,36+,38+/m1/s1. The summed E-state index contributed by atoms with van der Waals surface area (Å²) in [5.41, 5.74) is -3.03. The van der Waals surface area contributed by atoms with E-state index in [0.29, 0.717) is 38.5 Å². The van der Waals surface area contributed by atoms with E-state index in [1.54, 1.807) is 30.4 Å². The van der Waals surface area contributed by atoms with Gasteiger partial charge in [0.1, 0.15) is 43.0 Å². The van der Waals surface area contributed by atoms with Gasteiger partial charge >= 0.3 is 23.9 Å². The topological polar surface area (TPSA) is 242 Å². The number of aliphatic hydroxyl groups is 4. The number of hydrogen-bond acceptors (Lipinski definition) is 16. The Morgan fingerprint density at radius 2 is 1.41 bits per heavy atom. The number of esters is 4. The second-order valence-electron chi connectivity index (χ2n) is 14.0. The first kappa shape index (κ1) is 39.1. The van der Waals surface area contributed by atoms with E-state index in [1.807, 2.05) is 6.08 Å². The monoisotopic (exact) mass is 756 g/mol. The molecule has 4 aliphatic carbocycles. The predicted octanol–water partition coefficient (Wildman–Crippen LogP) is 0.981. The molecule has 11 atom stereocenters. The molecule has 1 aromatic carbocycles. The molecule has 1 heterocycles. The van der Waals surface area contributed by atoms with Crippen molar-refractivity contribution >= 4 is 29.7 Å². The molecule has 5 aliphatic rings. The molecule has 16 nitrogen and oxygen atoms in total. The second kappa shape index (κ2) is 16.8. The van der Waals surface area contributed by atoms with Crippen LogP contribution in [0.15, 0.2) is 54.7 Å². The maximum absolute atomic E-state index is 13.5. The fraction of sp³-hybridized carbons (Fsp3) is 0.553. The third-order valence-corrected chi connectivity index (χ3v) is 10.3. The van der Waals surface area contributed by atoms with Gasteiger partial charge in [-0.15, -0.1) is 0 Å². The van der Waals surface area contributed by atoms with Crippen molar-refractivity contribution in [1.82, 2.24) is 0 Å². The number of ether oxygens (including phenoxy) is 6. The minimum Gasteiger partial charge on any atom is -0.508 e. The molecule has 54 heavy (non-hydrogen) atoms. The van der Waals surface area contributed by atoms with Crippen LogP contribution in [0.5, 0.6) is 11.5 Å². The molecule has 0 radical (unpaired) electrons. The summed E-state index contributed by atoms with van der Waals surface area (Å²) < 4.78 is 33.7. The Morgan fingerprint density at radius 1 is 0.796 bits per heavy atom. The van der Waals surface area contributed by atoms with Gasteiger partial charge in [-0.05, 0) is 63.1 Å². The van der Waals surface area contributed by atoms with Gasteiger partial charge in [-0.2, -0.15) is 0 Å². The highest BCUT2D eigenvalue weighted by Gasteiger charge is 2.59. The number of benzene rings is 1. The summed E-state index contributed by atoms with van der Waals surface area (Å²) in [7, 11) is 0. The minimum atomic E-state index is -2.97. The number of aliphatic hydroxyl groups excluding tert-OH is 3. The Bertz CT molecular complexity index is 1680. The number of phenols is 1. The van der Waals surface area contributed by atoms with E-state index in [2.05, 4.69) is 0 Å². The molecule has 1 saturated carbocycles. The maximum atomic E-state index is 13.5. The lowest BCUT2D eigenvalue weighted by Crippen LogP contribution is -2.65. The average molecular weight is 757 g/mol. The highest BCUT2D eigenvalue weighted by molar-refractivity contribution is 5.96. The number of carbonyl (C=O) groups excluding carboxylic acids is 5. The Morgan fingerprint density at radius 3 is 2.02 bits per heavy atom. The van der Waals surface area contributed by atoms with Crippen molar-refractivity contribution in [2.24, 2.45) is 17.8 Å². The third-order valence-electron chi connectivity index (χ3n) is 10.3.